The summed E-state index contributed by atoms with van der Waals surface area (Å²) >= 11 is 5.61. The summed E-state index contributed by atoms with van der Waals surface area (Å²) in [5, 5.41) is 2.96. The van der Waals surface area contributed by atoms with Crippen molar-refractivity contribution in [1.29, 1.82) is 0 Å². The number of hydrogen-bond donors (Lipinski definition) is 1. The van der Waals surface area contributed by atoms with Crippen LogP contribution in [0.3, 0.4) is 0 Å². The molecule has 1 aromatic rings. The normalized spacial score (nSPS) is 16.3. The topological polar surface area (TPSA) is 41.6 Å². The van der Waals surface area contributed by atoms with E-state index in [0.29, 0.717) is 12.1 Å². The van der Waals surface area contributed by atoms with Crippen LogP contribution in [0.4, 0.5) is 0 Å². The minimum atomic E-state index is -0.0290. The molecule has 0 atom stereocenters. The van der Waals surface area contributed by atoms with Gasteiger partial charge in [0, 0.05) is 34.2 Å². The predicted molar refractivity (Wildman–Crippen MR) is 86.5 cm³/mol. The van der Waals surface area contributed by atoms with Crippen molar-refractivity contribution in [1.82, 2.24) is 10.2 Å². The molecule has 0 aromatic heterocycles. The van der Waals surface area contributed by atoms with Crippen molar-refractivity contribution >= 4 is 44.4 Å². The van der Waals surface area contributed by atoms with Crippen LogP contribution in [0.5, 0.6) is 0 Å². The molecule has 2 rings (SSSR count). The van der Waals surface area contributed by atoms with E-state index in [4.69, 9.17) is 4.74 Å². The van der Waals surface area contributed by atoms with Gasteiger partial charge in [-0.05, 0) is 56.7 Å². The van der Waals surface area contributed by atoms with Gasteiger partial charge < -0.3 is 10.1 Å². The van der Waals surface area contributed by atoms with E-state index in [9.17, 15) is 4.79 Å². The number of morpholine rings is 1. The zero-order chi connectivity index (χ0) is 13.7. The highest BCUT2D eigenvalue weighted by Crippen LogP contribution is 2.19. The molecule has 104 valence electrons. The van der Waals surface area contributed by atoms with E-state index in [-0.39, 0.29) is 5.91 Å². The number of carbonyl (C=O) groups is 1. The minimum absolute atomic E-state index is 0.0290. The number of amides is 1. The third-order valence-corrected chi connectivity index (χ3v) is 4.35. The summed E-state index contributed by atoms with van der Waals surface area (Å²) in [5.41, 5.74) is 0.689. The lowest BCUT2D eigenvalue weighted by molar-refractivity contribution is 0.0383. The number of nitrogens with zero attached hydrogens (tertiary/aromatic N) is 1. The molecule has 0 bridgehead atoms. The Kier molecular flexibility index (Phi) is 6.06. The van der Waals surface area contributed by atoms with Crippen LogP contribution < -0.4 is 5.32 Å². The Morgan fingerprint density at radius 1 is 1.42 bits per heavy atom. The quantitative estimate of drug-likeness (QED) is 0.732. The average Bonchev–Trinajstić information content (AvgIpc) is 2.42. The lowest BCUT2D eigenvalue weighted by atomic mass is 10.2. The first-order valence-corrected chi connectivity index (χ1v) is 8.07. The predicted octanol–water partition coefficient (Wildman–Crippen LogP) is 2.12. The molecule has 4 nitrogen and oxygen atoms in total. The number of rotatable bonds is 4. The summed E-state index contributed by atoms with van der Waals surface area (Å²) < 4.78 is 7.17. The Bertz CT molecular complexity index is 450. The van der Waals surface area contributed by atoms with E-state index in [1.54, 1.807) is 0 Å². The Morgan fingerprint density at radius 2 is 2.16 bits per heavy atom. The van der Waals surface area contributed by atoms with E-state index in [0.717, 1.165) is 40.9 Å². The van der Waals surface area contributed by atoms with Gasteiger partial charge in [0.25, 0.3) is 5.91 Å². The van der Waals surface area contributed by atoms with Crippen LogP contribution >= 0.6 is 38.5 Å². The molecule has 1 aliphatic rings. The van der Waals surface area contributed by atoms with Crippen LogP contribution in [-0.4, -0.2) is 50.2 Å². The van der Waals surface area contributed by atoms with Crippen LogP contribution in [0.1, 0.15) is 10.4 Å². The fourth-order valence-corrected chi connectivity index (χ4v) is 2.84. The summed E-state index contributed by atoms with van der Waals surface area (Å²) in [6.07, 6.45) is 0. The van der Waals surface area contributed by atoms with Gasteiger partial charge in [0.2, 0.25) is 0 Å². The number of carbonyl (C=O) groups excluding carboxylic acids is 1. The fraction of sp³-hybridized carbons (Fsp3) is 0.462. The summed E-state index contributed by atoms with van der Waals surface area (Å²) in [6, 6.07) is 5.75. The number of halogens is 2. The van der Waals surface area contributed by atoms with E-state index >= 15 is 0 Å². The Labute approximate surface area is 135 Å². The maximum absolute atomic E-state index is 12.1. The molecule has 1 aliphatic heterocycles. The maximum atomic E-state index is 12.1. The highest BCUT2D eigenvalue weighted by Gasteiger charge is 2.12. The largest absolute Gasteiger partial charge is 0.379 e. The number of hydrogen-bond acceptors (Lipinski definition) is 3. The van der Waals surface area contributed by atoms with Gasteiger partial charge in [-0.15, -0.1) is 0 Å². The van der Waals surface area contributed by atoms with E-state index in [2.05, 4.69) is 48.7 Å². The Morgan fingerprint density at radius 3 is 2.89 bits per heavy atom. The second-order valence-corrected chi connectivity index (χ2v) is 6.43. The molecule has 0 spiro atoms. The first kappa shape index (κ1) is 15.2. The molecule has 0 aliphatic carbocycles. The van der Waals surface area contributed by atoms with Crippen molar-refractivity contribution in [3.05, 3.63) is 31.8 Å². The van der Waals surface area contributed by atoms with Gasteiger partial charge in [0.1, 0.15) is 0 Å². The second-order valence-electron chi connectivity index (χ2n) is 4.33. The van der Waals surface area contributed by atoms with Crippen molar-refractivity contribution in [3.8, 4) is 0 Å². The molecule has 1 aromatic carbocycles. The van der Waals surface area contributed by atoms with Gasteiger partial charge in [-0.2, -0.15) is 0 Å². The molecule has 0 unspecified atom stereocenters. The number of benzene rings is 1. The van der Waals surface area contributed by atoms with Gasteiger partial charge in [-0.3, -0.25) is 9.69 Å². The van der Waals surface area contributed by atoms with E-state index < -0.39 is 0 Å². The highest BCUT2D eigenvalue weighted by molar-refractivity contribution is 14.1. The zero-order valence-corrected chi connectivity index (χ0v) is 14.2. The third-order valence-electron chi connectivity index (χ3n) is 2.99. The minimum Gasteiger partial charge on any atom is -0.379 e. The average molecular weight is 439 g/mol. The van der Waals surface area contributed by atoms with Crippen LogP contribution in [0.25, 0.3) is 0 Å². The Hall–Kier alpha value is -0.180. The Balaban J connectivity index is 1.82. The van der Waals surface area contributed by atoms with E-state index in [1.807, 2.05) is 18.2 Å². The number of nitrogens with one attached hydrogen (secondary N) is 1. The lowest BCUT2D eigenvalue weighted by Crippen LogP contribution is -2.41. The first-order chi connectivity index (χ1) is 9.16. The molecule has 1 fully saturated rings. The summed E-state index contributed by atoms with van der Waals surface area (Å²) in [7, 11) is 0. The van der Waals surface area contributed by atoms with Gasteiger partial charge in [-0.25, -0.2) is 0 Å². The van der Waals surface area contributed by atoms with Gasteiger partial charge in [0.15, 0.2) is 0 Å². The lowest BCUT2D eigenvalue weighted by Gasteiger charge is -2.26. The molecule has 0 saturated carbocycles. The summed E-state index contributed by atoms with van der Waals surface area (Å²) in [4.78, 5) is 14.4. The molecule has 0 radical (unpaired) electrons. The maximum Gasteiger partial charge on any atom is 0.252 e. The standard InChI is InChI=1S/C13H16BrIN2O2/c14-12-2-1-10(15)9-11(12)13(18)16-3-4-17-5-7-19-8-6-17/h1-2,9H,3-8H2,(H,16,18). The highest BCUT2D eigenvalue weighted by atomic mass is 127. The molecule has 1 N–H and O–H groups in total. The number of ether oxygens (including phenoxy) is 1. The first-order valence-electron chi connectivity index (χ1n) is 6.20. The molecule has 1 saturated heterocycles. The van der Waals surface area contributed by atoms with Crippen molar-refractivity contribution in [2.75, 3.05) is 39.4 Å². The molecule has 6 heteroatoms. The molecule has 1 heterocycles. The molecular weight excluding hydrogens is 423 g/mol. The molecular formula is C13H16BrIN2O2. The second kappa shape index (κ2) is 7.56. The van der Waals surface area contributed by atoms with Crippen LogP contribution in [-0.2, 0) is 4.74 Å². The third kappa shape index (κ3) is 4.70. The fourth-order valence-electron chi connectivity index (χ4n) is 1.92. The van der Waals surface area contributed by atoms with Crippen LogP contribution in [0, 0.1) is 3.57 Å². The van der Waals surface area contributed by atoms with Crippen molar-refractivity contribution in [3.63, 3.8) is 0 Å². The molecule has 1 amide bonds. The van der Waals surface area contributed by atoms with E-state index in [1.165, 1.54) is 0 Å². The van der Waals surface area contributed by atoms with Gasteiger partial charge in [0.05, 0.1) is 18.8 Å². The monoisotopic (exact) mass is 438 g/mol. The molecule has 19 heavy (non-hydrogen) atoms. The van der Waals surface area contributed by atoms with Crippen LogP contribution in [0.2, 0.25) is 0 Å². The summed E-state index contributed by atoms with van der Waals surface area (Å²) in [5.74, 6) is -0.0290. The smallest absolute Gasteiger partial charge is 0.252 e. The summed E-state index contributed by atoms with van der Waals surface area (Å²) in [6.45, 7) is 5.01. The van der Waals surface area contributed by atoms with Crippen molar-refractivity contribution in [2.24, 2.45) is 0 Å². The van der Waals surface area contributed by atoms with Crippen molar-refractivity contribution in [2.45, 2.75) is 0 Å². The SMILES string of the molecule is O=C(NCCN1CCOCC1)c1cc(I)ccc1Br. The zero-order valence-electron chi connectivity index (χ0n) is 10.5. The van der Waals surface area contributed by atoms with Gasteiger partial charge >= 0.3 is 0 Å². The van der Waals surface area contributed by atoms with Crippen molar-refractivity contribution < 1.29 is 9.53 Å². The van der Waals surface area contributed by atoms with Gasteiger partial charge in [-0.1, -0.05) is 0 Å². The van der Waals surface area contributed by atoms with Crippen LogP contribution in [0.15, 0.2) is 22.7 Å².